The topological polar surface area (TPSA) is 73.7 Å². The largest absolute Gasteiger partial charge is 0.444 e. The number of aldehydes is 1. The second-order valence-corrected chi connectivity index (χ2v) is 16.4. The molecule has 180 valence electrons. The van der Waals surface area contributed by atoms with Crippen molar-refractivity contribution in [3.63, 3.8) is 0 Å². The van der Waals surface area contributed by atoms with E-state index in [1.807, 2.05) is 39.0 Å². The maximum atomic E-state index is 12.9. The number of allylic oxidation sites excluding steroid dienone is 1. The van der Waals surface area contributed by atoms with Gasteiger partial charge in [-0.3, -0.25) is 9.69 Å². The summed E-state index contributed by atoms with van der Waals surface area (Å²) in [6.07, 6.45) is 5.42. The number of imidazole rings is 1. The van der Waals surface area contributed by atoms with Crippen LogP contribution >= 0.6 is 0 Å². The molecule has 7 nitrogen and oxygen atoms in total. The molecular formula is C25H37N3O4Si. The molecule has 2 aromatic rings. The highest BCUT2D eigenvalue weighted by Gasteiger charge is 2.36. The first-order chi connectivity index (χ1) is 15.5. The van der Waals surface area contributed by atoms with Crippen molar-refractivity contribution in [2.45, 2.75) is 77.7 Å². The number of carbonyl (C=O) groups excluding carboxylic acids is 2. The van der Waals surface area contributed by atoms with E-state index in [-0.39, 0.29) is 12.1 Å². The van der Waals surface area contributed by atoms with Crippen LogP contribution < -0.4 is 0 Å². The zero-order valence-electron chi connectivity index (χ0n) is 20.8. The van der Waals surface area contributed by atoms with Gasteiger partial charge in [-0.15, -0.1) is 0 Å². The zero-order chi connectivity index (χ0) is 24.2. The molecule has 0 spiro atoms. The minimum atomic E-state index is -1.20. The van der Waals surface area contributed by atoms with Crippen LogP contribution in [0, 0.1) is 0 Å². The Balaban J connectivity index is 1.94. The Kier molecular flexibility index (Phi) is 7.79. The summed E-state index contributed by atoms with van der Waals surface area (Å²) in [6, 6.07) is 6.85. The second-order valence-electron chi connectivity index (χ2n) is 10.8. The van der Waals surface area contributed by atoms with Gasteiger partial charge in [0.1, 0.15) is 24.4 Å². The highest BCUT2D eigenvalue weighted by Crippen LogP contribution is 2.35. The van der Waals surface area contributed by atoms with Crippen molar-refractivity contribution in [1.82, 2.24) is 14.5 Å². The van der Waals surface area contributed by atoms with Gasteiger partial charge in [0.25, 0.3) is 0 Å². The standard InChI is InChI=1S/C25H37N3O4Si/c1-25(2,3)32-24(30)27-13-7-10-22(27)23-26-20-17-19(9-8-14-29)11-12-21(20)28(23)18-31-15-16-33(4,5)6/h8-9,11-12,14,17,22H,7,10,13,15-16,18H2,1-6H3. The average molecular weight is 472 g/mol. The van der Waals surface area contributed by atoms with Crippen LogP contribution in [-0.2, 0) is 21.0 Å². The summed E-state index contributed by atoms with van der Waals surface area (Å²) in [4.78, 5) is 30.4. The van der Waals surface area contributed by atoms with Crippen LogP contribution in [0.15, 0.2) is 24.3 Å². The molecule has 8 heteroatoms. The van der Waals surface area contributed by atoms with Crippen LogP contribution in [0.25, 0.3) is 17.1 Å². The molecule has 1 aliphatic rings. The minimum absolute atomic E-state index is 0.165. The predicted octanol–water partition coefficient (Wildman–Crippen LogP) is 5.63. The zero-order valence-corrected chi connectivity index (χ0v) is 21.8. The number of aromatic nitrogens is 2. The third kappa shape index (κ3) is 6.77. The van der Waals surface area contributed by atoms with Gasteiger partial charge in [-0.1, -0.05) is 31.8 Å². The number of hydrogen-bond acceptors (Lipinski definition) is 5. The van der Waals surface area contributed by atoms with E-state index in [1.165, 1.54) is 6.08 Å². The summed E-state index contributed by atoms with van der Waals surface area (Å²) in [5.74, 6) is 0.817. The fraction of sp³-hybridized carbons (Fsp3) is 0.560. The summed E-state index contributed by atoms with van der Waals surface area (Å²) >= 11 is 0. The number of rotatable bonds is 8. The Bertz CT molecular complexity index is 1020. The van der Waals surface area contributed by atoms with E-state index in [2.05, 4.69) is 24.2 Å². The van der Waals surface area contributed by atoms with Gasteiger partial charge in [0.15, 0.2) is 0 Å². The Labute approximate surface area is 197 Å². The summed E-state index contributed by atoms with van der Waals surface area (Å²) in [5.41, 5.74) is 2.13. The van der Waals surface area contributed by atoms with Crippen LogP contribution in [0.1, 0.15) is 51.0 Å². The van der Waals surface area contributed by atoms with Crippen molar-refractivity contribution in [2.75, 3.05) is 13.2 Å². The van der Waals surface area contributed by atoms with E-state index < -0.39 is 13.7 Å². The van der Waals surface area contributed by atoms with Gasteiger partial charge in [0.2, 0.25) is 0 Å². The second kappa shape index (κ2) is 10.2. The van der Waals surface area contributed by atoms with E-state index in [0.29, 0.717) is 19.9 Å². The lowest BCUT2D eigenvalue weighted by molar-refractivity contribution is -0.104. The number of carbonyl (C=O) groups is 2. The SMILES string of the molecule is CC(C)(C)OC(=O)N1CCCC1c1nc2cc(C=CC=O)ccc2n1COCC[Si](C)(C)C. The van der Waals surface area contributed by atoms with E-state index in [9.17, 15) is 9.59 Å². The third-order valence-electron chi connectivity index (χ3n) is 5.56. The molecule has 0 radical (unpaired) electrons. The first-order valence-electron chi connectivity index (χ1n) is 11.7. The summed E-state index contributed by atoms with van der Waals surface area (Å²) in [6.45, 7) is 14.4. The number of benzene rings is 1. The highest BCUT2D eigenvalue weighted by molar-refractivity contribution is 6.76. The quantitative estimate of drug-likeness (QED) is 0.216. The monoisotopic (exact) mass is 471 g/mol. The van der Waals surface area contributed by atoms with Gasteiger partial charge < -0.3 is 14.0 Å². The van der Waals surface area contributed by atoms with Crippen LogP contribution in [0.4, 0.5) is 4.79 Å². The van der Waals surface area contributed by atoms with Crippen LogP contribution in [0.3, 0.4) is 0 Å². The van der Waals surface area contributed by atoms with Gasteiger partial charge in [-0.05, 0) is 63.4 Å². The number of nitrogens with zero attached hydrogens (tertiary/aromatic N) is 3. The lowest BCUT2D eigenvalue weighted by Gasteiger charge is -2.28. The summed E-state index contributed by atoms with van der Waals surface area (Å²) in [7, 11) is -1.20. The van der Waals surface area contributed by atoms with Crippen molar-refractivity contribution < 1.29 is 19.1 Å². The Morgan fingerprint density at radius 1 is 1.27 bits per heavy atom. The van der Waals surface area contributed by atoms with E-state index in [1.54, 1.807) is 11.0 Å². The van der Waals surface area contributed by atoms with Crippen molar-refractivity contribution in [3.8, 4) is 0 Å². The Morgan fingerprint density at radius 3 is 2.70 bits per heavy atom. The molecule has 2 heterocycles. The smallest absolute Gasteiger partial charge is 0.410 e. The molecule has 1 aromatic heterocycles. The molecule has 1 aromatic carbocycles. The molecule has 1 amide bonds. The van der Waals surface area contributed by atoms with Gasteiger partial charge in [0.05, 0.1) is 17.1 Å². The van der Waals surface area contributed by atoms with Gasteiger partial charge >= 0.3 is 6.09 Å². The molecule has 0 N–H and O–H groups in total. The number of hydrogen-bond donors (Lipinski definition) is 0. The normalized spacial score (nSPS) is 17.3. The summed E-state index contributed by atoms with van der Waals surface area (Å²) in [5, 5.41) is 0. The lowest BCUT2D eigenvalue weighted by Crippen LogP contribution is -2.37. The van der Waals surface area contributed by atoms with E-state index in [4.69, 9.17) is 14.5 Å². The highest BCUT2D eigenvalue weighted by atomic mass is 28.3. The first kappa shape index (κ1) is 25.2. The average Bonchev–Trinajstić information content (AvgIpc) is 3.32. The number of amides is 1. The molecule has 1 saturated heterocycles. The van der Waals surface area contributed by atoms with Crippen molar-refractivity contribution in [1.29, 1.82) is 0 Å². The molecule has 0 aliphatic carbocycles. The van der Waals surface area contributed by atoms with Crippen LogP contribution in [0.2, 0.25) is 25.7 Å². The first-order valence-corrected chi connectivity index (χ1v) is 15.4. The Hall–Kier alpha value is -2.45. The fourth-order valence-electron chi connectivity index (χ4n) is 3.92. The molecule has 1 fully saturated rings. The third-order valence-corrected chi connectivity index (χ3v) is 7.27. The molecule has 1 unspecified atom stereocenters. The number of fused-ring (bicyclic) bond motifs is 1. The fourth-order valence-corrected chi connectivity index (χ4v) is 4.67. The predicted molar refractivity (Wildman–Crippen MR) is 134 cm³/mol. The van der Waals surface area contributed by atoms with Gasteiger partial charge in [0, 0.05) is 21.2 Å². The van der Waals surface area contributed by atoms with Crippen molar-refractivity contribution >= 4 is 37.6 Å². The van der Waals surface area contributed by atoms with Gasteiger partial charge in [-0.2, -0.15) is 0 Å². The molecule has 0 bridgehead atoms. The molecular weight excluding hydrogens is 434 g/mol. The van der Waals surface area contributed by atoms with Crippen molar-refractivity contribution in [3.05, 3.63) is 35.7 Å². The number of likely N-dealkylation sites (tertiary alicyclic amines) is 1. The van der Waals surface area contributed by atoms with Crippen LogP contribution in [-0.4, -0.2) is 53.7 Å². The summed E-state index contributed by atoms with van der Waals surface area (Å²) < 4.78 is 13.8. The van der Waals surface area contributed by atoms with Crippen molar-refractivity contribution in [2.24, 2.45) is 0 Å². The number of ether oxygens (including phenoxy) is 2. The lowest BCUT2D eigenvalue weighted by atomic mass is 10.2. The maximum absolute atomic E-state index is 12.9. The molecule has 3 rings (SSSR count). The molecule has 1 atom stereocenters. The van der Waals surface area contributed by atoms with E-state index >= 15 is 0 Å². The molecule has 1 aliphatic heterocycles. The molecule has 33 heavy (non-hydrogen) atoms. The molecule has 0 saturated carbocycles. The minimum Gasteiger partial charge on any atom is -0.444 e. The van der Waals surface area contributed by atoms with Crippen LogP contribution in [0.5, 0.6) is 0 Å². The Morgan fingerprint density at radius 2 is 2.03 bits per heavy atom. The van der Waals surface area contributed by atoms with E-state index in [0.717, 1.165) is 47.6 Å². The van der Waals surface area contributed by atoms with Gasteiger partial charge in [-0.25, -0.2) is 9.78 Å². The maximum Gasteiger partial charge on any atom is 0.410 e.